The van der Waals surface area contributed by atoms with Gasteiger partial charge in [0.05, 0.1) is 6.54 Å². The molecule has 3 rings (SSSR count). The number of halogens is 2. The fourth-order valence-electron chi connectivity index (χ4n) is 3.39. The number of carbonyl (C=O) groups excluding carboxylic acids is 2. The molecular weight excluding hydrogens is 439 g/mol. The minimum atomic E-state index is -0.138. The molecule has 1 amide bonds. The van der Waals surface area contributed by atoms with Crippen LogP contribution in [0.15, 0.2) is 48.5 Å². The standard InChI is InChI=1S/C23H26Cl2N2O4/c24-16-1-9-21(10-2-16)30-14-20(28)13-26-18-5-7-19(8-6-18)27-23(29)15-31-22-11-3-17(25)4-12-22/h1-4,9-12,18-19,26H,5-8,13-15H2,(H,27,29). The number of ether oxygens (including phenoxy) is 2. The summed E-state index contributed by atoms with van der Waals surface area (Å²) in [5, 5.41) is 7.56. The van der Waals surface area contributed by atoms with Gasteiger partial charge in [0.25, 0.3) is 5.91 Å². The van der Waals surface area contributed by atoms with E-state index in [4.69, 9.17) is 32.7 Å². The molecule has 6 nitrogen and oxygen atoms in total. The van der Waals surface area contributed by atoms with Crippen molar-refractivity contribution in [2.24, 2.45) is 0 Å². The zero-order valence-corrected chi connectivity index (χ0v) is 18.6. The minimum absolute atomic E-state index is 0.00951. The van der Waals surface area contributed by atoms with Gasteiger partial charge in [-0.1, -0.05) is 23.2 Å². The summed E-state index contributed by atoms with van der Waals surface area (Å²) in [5.74, 6) is 1.08. The fourth-order valence-corrected chi connectivity index (χ4v) is 3.65. The molecule has 166 valence electrons. The molecule has 2 N–H and O–H groups in total. The molecule has 1 aliphatic carbocycles. The van der Waals surface area contributed by atoms with Gasteiger partial charge in [-0.25, -0.2) is 0 Å². The number of hydrogen-bond donors (Lipinski definition) is 2. The van der Waals surface area contributed by atoms with Crippen molar-refractivity contribution in [1.29, 1.82) is 0 Å². The van der Waals surface area contributed by atoms with Gasteiger partial charge in [0.2, 0.25) is 0 Å². The van der Waals surface area contributed by atoms with E-state index in [-0.39, 0.29) is 43.5 Å². The summed E-state index contributed by atoms with van der Waals surface area (Å²) in [6, 6.07) is 14.2. The summed E-state index contributed by atoms with van der Waals surface area (Å²) in [7, 11) is 0. The Balaban J connectivity index is 1.27. The van der Waals surface area contributed by atoms with Gasteiger partial charge in [0.1, 0.15) is 18.1 Å². The Morgan fingerprint density at radius 2 is 1.26 bits per heavy atom. The molecule has 0 unspecified atom stereocenters. The second kappa shape index (κ2) is 11.9. The lowest BCUT2D eigenvalue weighted by molar-refractivity contribution is -0.124. The molecular formula is C23H26Cl2N2O4. The molecule has 31 heavy (non-hydrogen) atoms. The van der Waals surface area contributed by atoms with Crippen LogP contribution in [0, 0.1) is 0 Å². The first-order valence-corrected chi connectivity index (χ1v) is 11.0. The number of benzene rings is 2. The molecule has 0 aromatic heterocycles. The fraction of sp³-hybridized carbons (Fsp3) is 0.391. The third kappa shape index (κ3) is 8.40. The summed E-state index contributed by atoms with van der Waals surface area (Å²) in [4.78, 5) is 24.2. The smallest absolute Gasteiger partial charge is 0.258 e. The number of amides is 1. The van der Waals surface area contributed by atoms with Gasteiger partial charge >= 0.3 is 0 Å². The molecule has 1 fully saturated rings. The van der Waals surface area contributed by atoms with Crippen molar-refractivity contribution < 1.29 is 19.1 Å². The Bertz CT molecular complexity index is 851. The Morgan fingerprint density at radius 3 is 1.81 bits per heavy atom. The SMILES string of the molecule is O=C(CNC1CCC(NC(=O)COc2ccc(Cl)cc2)CC1)COc1ccc(Cl)cc1. The maximum atomic E-state index is 12.1. The van der Waals surface area contributed by atoms with E-state index >= 15 is 0 Å². The minimum Gasteiger partial charge on any atom is -0.486 e. The summed E-state index contributed by atoms with van der Waals surface area (Å²) >= 11 is 11.7. The van der Waals surface area contributed by atoms with Crippen molar-refractivity contribution in [3.05, 3.63) is 58.6 Å². The molecule has 2 aromatic rings. The van der Waals surface area contributed by atoms with Crippen LogP contribution < -0.4 is 20.1 Å². The van der Waals surface area contributed by atoms with E-state index in [2.05, 4.69) is 10.6 Å². The van der Waals surface area contributed by atoms with Crippen LogP contribution in [0.25, 0.3) is 0 Å². The Kier molecular flexibility index (Phi) is 9.00. The van der Waals surface area contributed by atoms with Crippen molar-refractivity contribution >= 4 is 34.9 Å². The van der Waals surface area contributed by atoms with Crippen molar-refractivity contribution in [3.63, 3.8) is 0 Å². The number of rotatable bonds is 10. The van der Waals surface area contributed by atoms with Crippen LogP contribution in [0.5, 0.6) is 11.5 Å². The number of ketones is 1. The lowest BCUT2D eigenvalue weighted by atomic mass is 9.91. The van der Waals surface area contributed by atoms with Crippen LogP contribution in [-0.4, -0.2) is 43.5 Å². The van der Waals surface area contributed by atoms with E-state index in [9.17, 15) is 9.59 Å². The van der Waals surface area contributed by atoms with Crippen molar-refractivity contribution in [1.82, 2.24) is 10.6 Å². The Labute approximate surface area is 192 Å². The third-order valence-corrected chi connectivity index (χ3v) is 5.58. The van der Waals surface area contributed by atoms with Crippen LogP contribution >= 0.6 is 23.2 Å². The van der Waals surface area contributed by atoms with E-state index in [1.54, 1.807) is 48.5 Å². The molecule has 0 radical (unpaired) electrons. The van der Waals surface area contributed by atoms with Gasteiger partial charge in [0, 0.05) is 22.1 Å². The molecule has 2 aromatic carbocycles. The molecule has 0 spiro atoms. The topological polar surface area (TPSA) is 76.7 Å². The summed E-state index contributed by atoms with van der Waals surface area (Å²) in [6.45, 7) is 0.264. The average molecular weight is 465 g/mol. The lowest BCUT2D eigenvalue weighted by Gasteiger charge is -2.29. The predicted octanol–water partition coefficient (Wildman–Crippen LogP) is 4.04. The highest BCUT2D eigenvalue weighted by molar-refractivity contribution is 6.30. The number of hydrogen-bond acceptors (Lipinski definition) is 5. The molecule has 0 bridgehead atoms. The van der Waals surface area contributed by atoms with Crippen LogP contribution in [-0.2, 0) is 9.59 Å². The number of nitrogens with one attached hydrogen (secondary N) is 2. The summed E-state index contributed by atoms with van der Waals surface area (Å²) in [5.41, 5.74) is 0. The highest BCUT2D eigenvalue weighted by Crippen LogP contribution is 2.19. The molecule has 0 aliphatic heterocycles. The van der Waals surface area contributed by atoms with Crippen LogP contribution in [0.1, 0.15) is 25.7 Å². The van der Waals surface area contributed by atoms with E-state index in [0.717, 1.165) is 25.7 Å². The van der Waals surface area contributed by atoms with Gasteiger partial charge in [-0.3, -0.25) is 9.59 Å². The van der Waals surface area contributed by atoms with Gasteiger partial charge in [-0.2, -0.15) is 0 Å². The highest BCUT2D eigenvalue weighted by atomic mass is 35.5. The monoisotopic (exact) mass is 464 g/mol. The number of carbonyl (C=O) groups is 2. The van der Waals surface area contributed by atoms with Gasteiger partial charge in [-0.15, -0.1) is 0 Å². The second-order valence-electron chi connectivity index (χ2n) is 7.52. The van der Waals surface area contributed by atoms with Gasteiger partial charge < -0.3 is 20.1 Å². The van der Waals surface area contributed by atoms with Gasteiger partial charge in [-0.05, 0) is 74.2 Å². The Hall–Kier alpha value is -2.28. The highest BCUT2D eigenvalue weighted by Gasteiger charge is 2.22. The lowest BCUT2D eigenvalue weighted by Crippen LogP contribution is -2.44. The van der Waals surface area contributed by atoms with E-state index in [1.165, 1.54) is 0 Å². The summed E-state index contributed by atoms with van der Waals surface area (Å²) in [6.07, 6.45) is 3.52. The second-order valence-corrected chi connectivity index (χ2v) is 8.39. The normalized spacial score (nSPS) is 18.3. The Morgan fingerprint density at radius 1 is 0.774 bits per heavy atom. The average Bonchev–Trinajstić information content (AvgIpc) is 2.78. The van der Waals surface area contributed by atoms with Crippen molar-refractivity contribution in [2.75, 3.05) is 19.8 Å². The maximum absolute atomic E-state index is 12.1. The molecule has 0 saturated heterocycles. The first kappa shape index (κ1) is 23.4. The number of Topliss-reactive ketones (excluding diaryl/α,β-unsaturated/α-hetero) is 1. The third-order valence-electron chi connectivity index (χ3n) is 5.08. The molecule has 1 aliphatic rings. The van der Waals surface area contributed by atoms with Crippen molar-refractivity contribution in [2.45, 2.75) is 37.8 Å². The van der Waals surface area contributed by atoms with Crippen LogP contribution in [0.2, 0.25) is 10.0 Å². The predicted molar refractivity (Wildman–Crippen MR) is 121 cm³/mol. The van der Waals surface area contributed by atoms with Gasteiger partial charge in [0.15, 0.2) is 12.4 Å². The van der Waals surface area contributed by atoms with Crippen LogP contribution in [0.3, 0.4) is 0 Å². The van der Waals surface area contributed by atoms with E-state index in [0.29, 0.717) is 21.5 Å². The molecule has 0 atom stereocenters. The molecule has 8 heteroatoms. The summed E-state index contributed by atoms with van der Waals surface area (Å²) < 4.78 is 10.9. The molecule has 1 saturated carbocycles. The maximum Gasteiger partial charge on any atom is 0.258 e. The quantitative estimate of drug-likeness (QED) is 0.554. The molecule has 0 heterocycles. The van der Waals surface area contributed by atoms with E-state index in [1.807, 2.05) is 0 Å². The first-order valence-electron chi connectivity index (χ1n) is 10.3. The largest absolute Gasteiger partial charge is 0.486 e. The first-order chi connectivity index (χ1) is 15.0. The van der Waals surface area contributed by atoms with Crippen LogP contribution in [0.4, 0.5) is 0 Å². The zero-order chi connectivity index (χ0) is 22.1. The van der Waals surface area contributed by atoms with Crippen molar-refractivity contribution in [3.8, 4) is 11.5 Å². The van der Waals surface area contributed by atoms with E-state index < -0.39 is 0 Å². The zero-order valence-electron chi connectivity index (χ0n) is 17.1.